The lowest BCUT2D eigenvalue weighted by Gasteiger charge is -2.10. The number of halogens is 1. The lowest BCUT2D eigenvalue weighted by atomic mass is 10.1. The van der Waals surface area contributed by atoms with Crippen molar-refractivity contribution in [2.75, 3.05) is 18.6 Å². The summed E-state index contributed by atoms with van der Waals surface area (Å²) in [5.41, 5.74) is 0.923. The zero-order valence-corrected chi connectivity index (χ0v) is 11.7. The molecule has 116 valence electrons. The van der Waals surface area contributed by atoms with E-state index in [2.05, 4.69) is 5.32 Å². The number of nitrogens with zero attached hydrogens (tertiary/aromatic N) is 1. The second-order valence-corrected chi connectivity index (χ2v) is 4.43. The van der Waals surface area contributed by atoms with E-state index in [0.29, 0.717) is 6.07 Å². The second kappa shape index (κ2) is 7.50. The summed E-state index contributed by atoms with van der Waals surface area (Å²) < 4.78 is 18.7. The highest BCUT2D eigenvalue weighted by Crippen LogP contribution is 2.25. The van der Waals surface area contributed by atoms with Gasteiger partial charge in [-0.3, -0.25) is 20.8 Å². The van der Waals surface area contributed by atoms with E-state index in [1.165, 1.54) is 0 Å². The van der Waals surface area contributed by atoms with E-state index in [9.17, 15) is 19.3 Å². The zero-order valence-electron chi connectivity index (χ0n) is 11.7. The molecular formula is C12H17FN4O4. The van der Waals surface area contributed by atoms with Crippen molar-refractivity contribution < 1.29 is 18.8 Å². The first-order valence-corrected chi connectivity index (χ1v) is 6.21. The molecule has 1 amide bonds. The Kier molecular flexibility index (Phi) is 6.00. The van der Waals surface area contributed by atoms with Crippen molar-refractivity contribution in [2.45, 2.75) is 20.0 Å². The van der Waals surface area contributed by atoms with Gasteiger partial charge in [0, 0.05) is 6.54 Å². The average molecular weight is 300 g/mol. The molecule has 0 atom stereocenters. The van der Waals surface area contributed by atoms with Gasteiger partial charge in [0.1, 0.15) is 5.56 Å². The van der Waals surface area contributed by atoms with Crippen LogP contribution in [0.25, 0.3) is 0 Å². The van der Waals surface area contributed by atoms with E-state index >= 15 is 0 Å². The Morgan fingerprint density at radius 2 is 2.19 bits per heavy atom. The molecule has 0 aliphatic carbocycles. The third-order valence-electron chi connectivity index (χ3n) is 2.52. The Morgan fingerprint density at radius 3 is 2.71 bits per heavy atom. The minimum Gasteiger partial charge on any atom is -0.377 e. The van der Waals surface area contributed by atoms with E-state index in [1.807, 2.05) is 19.3 Å². The van der Waals surface area contributed by atoms with Crippen LogP contribution in [0.1, 0.15) is 24.2 Å². The van der Waals surface area contributed by atoms with E-state index in [4.69, 9.17) is 10.6 Å². The summed E-state index contributed by atoms with van der Waals surface area (Å²) >= 11 is 0. The molecule has 21 heavy (non-hydrogen) atoms. The number of nitrogens with two attached hydrogens (primary N) is 1. The number of rotatable bonds is 7. The largest absolute Gasteiger partial charge is 0.377 e. The molecule has 0 heterocycles. The molecule has 0 unspecified atom stereocenters. The van der Waals surface area contributed by atoms with Crippen LogP contribution >= 0.6 is 0 Å². The van der Waals surface area contributed by atoms with E-state index in [-0.39, 0.29) is 30.5 Å². The number of hydrogen-bond acceptors (Lipinski definition) is 6. The summed E-state index contributed by atoms with van der Waals surface area (Å²) in [5, 5.41) is 13.3. The molecule has 4 N–H and O–H groups in total. The molecule has 1 aromatic carbocycles. The van der Waals surface area contributed by atoms with Crippen LogP contribution in [0.2, 0.25) is 0 Å². The Hall–Kier alpha value is -2.26. The molecule has 1 rings (SSSR count). The van der Waals surface area contributed by atoms with Crippen molar-refractivity contribution in [3.8, 4) is 0 Å². The Morgan fingerprint density at radius 1 is 1.52 bits per heavy atom. The zero-order chi connectivity index (χ0) is 16.0. The lowest BCUT2D eigenvalue weighted by Crippen LogP contribution is -2.29. The van der Waals surface area contributed by atoms with Crippen molar-refractivity contribution in [1.82, 2.24) is 5.32 Å². The van der Waals surface area contributed by atoms with Gasteiger partial charge < -0.3 is 15.5 Å². The normalized spacial score (nSPS) is 10.5. The first-order chi connectivity index (χ1) is 9.86. The molecule has 0 saturated carbocycles. The van der Waals surface area contributed by atoms with Gasteiger partial charge in [0.15, 0.2) is 5.82 Å². The summed E-state index contributed by atoms with van der Waals surface area (Å²) in [6.07, 6.45) is 0.00935. The van der Waals surface area contributed by atoms with Gasteiger partial charge in [-0.05, 0) is 19.9 Å². The minimum absolute atomic E-state index is 0.00935. The lowest BCUT2D eigenvalue weighted by molar-refractivity contribution is -0.385. The number of anilines is 1. The molecule has 0 aliphatic rings. The SMILES string of the molecule is CC(C)OCCNC(=O)c1cc(NN)c(F)cc1[N+](=O)[O-]. The fourth-order valence-corrected chi connectivity index (χ4v) is 1.56. The molecule has 0 aromatic heterocycles. The highest BCUT2D eigenvalue weighted by atomic mass is 19.1. The van der Waals surface area contributed by atoms with Crippen LogP contribution in [0.15, 0.2) is 12.1 Å². The van der Waals surface area contributed by atoms with Gasteiger partial charge >= 0.3 is 0 Å². The number of hydrazine groups is 1. The monoisotopic (exact) mass is 300 g/mol. The molecule has 0 aliphatic heterocycles. The molecule has 8 nitrogen and oxygen atoms in total. The number of nitrogens with one attached hydrogen (secondary N) is 2. The molecule has 0 spiro atoms. The van der Waals surface area contributed by atoms with Crippen LogP contribution in [0.3, 0.4) is 0 Å². The minimum atomic E-state index is -0.913. The molecule has 1 aromatic rings. The van der Waals surface area contributed by atoms with Crippen LogP contribution < -0.4 is 16.6 Å². The Bertz CT molecular complexity index is 536. The number of benzene rings is 1. The van der Waals surface area contributed by atoms with Crippen LogP contribution in [0, 0.1) is 15.9 Å². The second-order valence-electron chi connectivity index (χ2n) is 4.43. The average Bonchev–Trinajstić information content (AvgIpc) is 2.42. The van der Waals surface area contributed by atoms with Crippen molar-refractivity contribution >= 4 is 17.3 Å². The maximum absolute atomic E-state index is 13.5. The smallest absolute Gasteiger partial charge is 0.285 e. The molecule has 0 radical (unpaired) electrons. The number of carbonyl (C=O) groups excluding carboxylic acids is 1. The van der Waals surface area contributed by atoms with E-state index < -0.39 is 22.3 Å². The van der Waals surface area contributed by atoms with Crippen molar-refractivity contribution in [3.63, 3.8) is 0 Å². The molecule has 9 heteroatoms. The Balaban J connectivity index is 2.89. The van der Waals surface area contributed by atoms with Gasteiger partial charge in [-0.2, -0.15) is 0 Å². The van der Waals surface area contributed by atoms with Crippen LogP contribution in [0.4, 0.5) is 15.8 Å². The fraction of sp³-hybridized carbons (Fsp3) is 0.417. The van der Waals surface area contributed by atoms with Gasteiger partial charge in [0.05, 0.1) is 29.4 Å². The molecular weight excluding hydrogens is 283 g/mol. The summed E-state index contributed by atoms with van der Waals surface area (Å²) in [7, 11) is 0. The number of carbonyl (C=O) groups is 1. The number of ether oxygens (including phenoxy) is 1. The standard InChI is InChI=1S/C12H17FN4O4/c1-7(2)21-4-3-15-12(18)8-5-10(16-14)9(13)6-11(8)17(19)20/h5-7,16H,3-4,14H2,1-2H3,(H,15,18). The predicted octanol–water partition coefficient (Wildman–Crippen LogP) is 1.17. The van der Waals surface area contributed by atoms with Crippen LogP contribution in [0.5, 0.6) is 0 Å². The summed E-state index contributed by atoms with van der Waals surface area (Å²) in [6, 6.07) is 1.64. The molecule has 0 bridgehead atoms. The third kappa shape index (κ3) is 4.65. The number of nitrogen functional groups attached to an aromatic ring is 1. The van der Waals surface area contributed by atoms with Crippen LogP contribution in [-0.4, -0.2) is 30.1 Å². The van der Waals surface area contributed by atoms with Crippen molar-refractivity contribution in [1.29, 1.82) is 0 Å². The number of hydrogen-bond donors (Lipinski definition) is 3. The predicted molar refractivity (Wildman–Crippen MR) is 74.3 cm³/mol. The first-order valence-electron chi connectivity index (χ1n) is 6.21. The number of nitro benzene ring substituents is 1. The summed E-state index contributed by atoms with van der Waals surface area (Å²) in [4.78, 5) is 22.0. The van der Waals surface area contributed by atoms with Gasteiger partial charge in [0.2, 0.25) is 0 Å². The number of amides is 1. The summed E-state index contributed by atoms with van der Waals surface area (Å²) in [6.45, 7) is 4.12. The van der Waals surface area contributed by atoms with Crippen LogP contribution in [-0.2, 0) is 4.74 Å². The van der Waals surface area contributed by atoms with Gasteiger partial charge in [0.25, 0.3) is 11.6 Å². The fourth-order valence-electron chi connectivity index (χ4n) is 1.56. The molecule has 0 fully saturated rings. The van der Waals surface area contributed by atoms with Gasteiger partial charge in [-0.25, -0.2) is 4.39 Å². The maximum atomic E-state index is 13.5. The van der Waals surface area contributed by atoms with E-state index in [0.717, 1.165) is 6.07 Å². The third-order valence-corrected chi connectivity index (χ3v) is 2.52. The quantitative estimate of drug-likeness (QED) is 0.301. The van der Waals surface area contributed by atoms with Gasteiger partial charge in [-0.15, -0.1) is 0 Å². The maximum Gasteiger partial charge on any atom is 0.285 e. The van der Waals surface area contributed by atoms with E-state index in [1.54, 1.807) is 0 Å². The highest BCUT2D eigenvalue weighted by molar-refractivity contribution is 5.99. The first kappa shape index (κ1) is 16.8. The highest BCUT2D eigenvalue weighted by Gasteiger charge is 2.23. The molecule has 0 saturated heterocycles. The van der Waals surface area contributed by atoms with Crippen molar-refractivity contribution in [2.24, 2.45) is 5.84 Å². The number of nitro groups is 1. The topological polar surface area (TPSA) is 120 Å². The summed E-state index contributed by atoms with van der Waals surface area (Å²) in [5.74, 6) is 3.47. The van der Waals surface area contributed by atoms with Gasteiger partial charge in [-0.1, -0.05) is 0 Å². The Labute approximate surface area is 120 Å². The van der Waals surface area contributed by atoms with Crippen molar-refractivity contribution in [3.05, 3.63) is 33.6 Å².